The second-order valence-electron chi connectivity index (χ2n) is 3.82. The Morgan fingerprint density at radius 1 is 1.26 bits per heavy atom. The minimum absolute atomic E-state index is 0.615. The van der Waals surface area contributed by atoms with Crippen molar-refractivity contribution in [3.05, 3.63) is 48.2 Å². The molecule has 4 nitrogen and oxygen atoms in total. The highest BCUT2D eigenvalue weighted by Crippen LogP contribution is 2.19. The van der Waals surface area contributed by atoms with Crippen LogP contribution in [0.5, 0.6) is 11.6 Å². The molecule has 0 saturated heterocycles. The highest BCUT2D eigenvalue weighted by atomic mass is 16.5. The number of ether oxygens (including phenoxy) is 2. The first-order chi connectivity index (χ1) is 9.31. The van der Waals surface area contributed by atoms with E-state index in [4.69, 9.17) is 9.47 Å². The van der Waals surface area contributed by atoms with Gasteiger partial charge < -0.3 is 9.47 Å². The third-order valence-corrected chi connectivity index (χ3v) is 2.47. The van der Waals surface area contributed by atoms with Gasteiger partial charge >= 0.3 is 0 Å². The molecule has 0 radical (unpaired) electrons. The Kier molecular flexibility index (Phi) is 4.50. The van der Waals surface area contributed by atoms with Gasteiger partial charge in [-0.1, -0.05) is 6.07 Å². The van der Waals surface area contributed by atoms with Crippen molar-refractivity contribution in [1.82, 2.24) is 4.98 Å². The third-order valence-electron chi connectivity index (χ3n) is 2.47. The number of rotatable bonds is 5. The molecule has 0 aliphatic heterocycles. The SMILES string of the molecule is CCOc1ccc(/C=N/c2cccc(OC)c2)cn1. The predicted molar refractivity (Wildman–Crippen MR) is 75.7 cm³/mol. The van der Waals surface area contributed by atoms with Gasteiger partial charge in [0.2, 0.25) is 5.88 Å². The Labute approximate surface area is 112 Å². The number of benzene rings is 1. The van der Waals surface area contributed by atoms with E-state index in [0.717, 1.165) is 17.0 Å². The zero-order chi connectivity index (χ0) is 13.5. The van der Waals surface area contributed by atoms with Gasteiger partial charge in [0.1, 0.15) is 5.75 Å². The highest BCUT2D eigenvalue weighted by Gasteiger charge is 1.95. The van der Waals surface area contributed by atoms with Gasteiger partial charge in [-0.25, -0.2) is 4.98 Å². The highest BCUT2D eigenvalue weighted by molar-refractivity contribution is 5.81. The normalized spacial score (nSPS) is 10.6. The van der Waals surface area contributed by atoms with E-state index in [1.807, 2.05) is 43.3 Å². The van der Waals surface area contributed by atoms with Crippen LogP contribution in [0.15, 0.2) is 47.6 Å². The van der Waals surface area contributed by atoms with E-state index >= 15 is 0 Å². The quantitative estimate of drug-likeness (QED) is 0.771. The summed E-state index contributed by atoms with van der Waals surface area (Å²) in [7, 11) is 1.64. The van der Waals surface area contributed by atoms with Gasteiger partial charge in [-0.05, 0) is 25.1 Å². The molecule has 2 rings (SSSR count). The summed E-state index contributed by atoms with van der Waals surface area (Å²) in [6.07, 6.45) is 3.49. The molecule has 19 heavy (non-hydrogen) atoms. The molecule has 4 heteroatoms. The summed E-state index contributed by atoms with van der Waals surface area (Å²) in [5.41, 5.74) is 1.76. The number of hydrogen-bond donors (Lipinski definition) is 0. The molecule has 0 spiro atoms. The van der Waals surface area contributed by atoms with Gasteiger partial charge in [0, 0.05) is 30.1 Å². The van der Waals surface area contributed by atoms with Crippen molar-refractivity contribution in [2.24, 2.45) is 4.99 Å². The van der Waals surface area contributed by atoms with Crippen LogP contribution in [0.25, 0.3) is 0 Å². The molecule has 0 atom stereocenters. The van der Waals surface area contributed by atoms with Crippen molar-refractivity contribution in [2.45, 2.75) is 6.92 Å². The van der Waals surface area contributed by atoms with Crippen LogP contribution in [0, 0.1) is 0 Å². The summed E-state index contributed by atoms with van der Waals surface area (Å²) in [4.78, 5) is 8.55. The topological polar surface area (TPSA) is 43.7 Å². The lowest BCUT2D eigenvalue weighted by atomic mass is 10.3. The maximum absolute atomic E-state index is 5.28. The monoisotopic (exact) mass is 256 g/mol. The van der Waals surface area contributed by atoms with Crippen LogP contribution >= 0.6 is 0 Å². The minimum atomic E-state index is 0.615. The molecule has 0 fully saturated rings. The summed E-state index contributed by atoms with van der Waals surface area (Å²) >= 11 is 0. The maximum atomic E-state index is 5.28. The number of pyridine rings is 1. The molecule has 0 aliphatic carbocycles. The maximum Gasteiger partial charge on any atom is 0.213 e. The molecule has 0 bridgehead atoms. The van der Waals surface area contributed by atoms with Crippen molar-refractivity contribution in [1.29, 1.82) is 0 Å². The van der Waals surface area contributed by atoms with E-state index in [1.54, 1.807) is 19.5 Å². The van der Waals surface area contributed by atoms with Crippen LogP contribution < -0.4 is 9.47 Å². The molecule has 1 heterocycles. The van der Waals surface area contributed by atoms with Gasteiger partial charge in [0.05, 0.1) is 19.4 Å². The van der Waals surface area contributed by atoms with Gasteiger partial charge in [-0.2, -0.15) is 0 Å². The lowest BCUT2D eigenvalue weighted by molar-refractivity contribution is 0.327. The summed E-state index contributed by atoms with van der Waals surface area (Å²) in [5.74, 6) is 1.42. The van der Waals surface area contributed by atoms with E-state index in [1.165, 1.54) is 0 Å². The van der Waals surface area contributed by atoms with Crippen molar-refractivity contribution < 1.29 is 9.47 Å². The van der Waals surface area contributed by atoms with E-state index in [0.29, 0.717) is 12.5 Å². The Morgan fingerprint density at radius 3 is 2.84 bits per heavy atom. The summed E-state index contributed by atoms with van der Waals surface area (Å²) in [6, 6.07) is 11.3. The molecule has 0 saturated carbocycles. The number of methoxy groups -OCH3 is 1. The fraction of sp³-hybridized carbons (Fsp3) is 0.200. The minimum Gasteiger partial charge on any atom is -0.497 e. The molecule has 0 amide bonds. The average Bonchev–Trinajstić information content (AvgIpc) is 2.47. The zero-order valence-electron chi connectivity index (χ0n) is 11.0. The lowest BCUT2D eigenvalue weighted by Gasteiger charge is -2.01. The summed E-state index contributed by atoms with van der Waals surface area (Å²) in [5, 5.41) is 0. The largest absolute Gasteiger partial charge is 0.497 e. The fourth-order valence-corrected chi connectivity index (χ4v) is 1.54. The Bertz CT molecular complexity index is 550. The number of nitrogens with zero attached hydrogens (tertiary/aromatic N) is 2. The van der Waals surface area contributed by atoms with E-state index in [-0.39, 0.29) is 0 Å². The zero-order valence-corrected chi connectivity index (χ0v) is 11.0. The fourth-order valence-electron chi connectivity index (χ4n) is 1.54. The van der Waals surface area contributed by atoms with E-state index in [2.05, 4.69) is 9.98 Å². The molecule has 0 aliphatic rings. The van der Waals surface area contributed by atoms with E-state index in [9.17, 15) is 0 Å². The number of aromatic nitrogens is 1. The van der Waals surface area contributed by atoms with Crippen molar-refractivity contribution >= 4 is 11.9 Å². The molecule has 2 aromatic rings. The smallest absolute Gasteiger partial charge is 0.213 e. The van der Waals surface area contributed by atoms with Crippen LogP contribution in [-0.2, 0) is 0 Å². The van der Waals surface area contributed by atoms with Gasteiger partial charge in [-0.3, -0.25) is 4.99 Å². The molecule has 1 aromatic heterocycles. The van der Waals surface area contributed by atoms with Crippen LogP contribution in [0.3, 0.4) is 0 Å². The van der Waals surface area contributed by atoms with Crippen LogP contribution in [-0.4, -0.2) is 24.9 Å². The van der Waals surface area contributed by atoms with Gasteiger partial charge in [-0.15, -0.1) is 0 Å². The van der Waals surface area contributed by atoms with Crippen molar-refractivity contribution in [3.8, 4) is 11.6 Å². The van der Waals surface area contributed by atoms with Gasteiger partial charge in [0.25, 0.3) is 0 Å². The standard InChI is InChI=1S/C15H16N2O2/c1-3-19-15-8-7-12(11-17-15)10-16-13-5-4-6-14(9-13)18-2/h4-11H,3H2,1-2H3/b16-10+. The first-order valence-corrected chi connectivity index (χ1v) is 6.09. The molecular weight excluding hydrogens is 240 g/mol. The van der Waals surface area contributed by atoms with Crippen LogP contribution in [0.4, 0.5) is 5.69 Å². The Morgan fingerprint density at radius 2 is 2.16 bits per heavy atom. The van der Waals surface area contributed by atoms with E-state index < -0.39 is 0 Å². The Hall–Kier alpha value is -2.36. The average molecular weight is 256 g/mol. The third kappa shape index (κ3) is 3.81. The second kappa shape index (κ2) is 6.54. The van der Waals surface area contributed by atoms with Crippen LogP contribution in [0.1, 0.15) is 12.5 Å². The first-order valence-electron chi connectivity index (χ1n) is 6.09. The van der Waals surface area contributed by atoms with Gasteiger partial charge in [0.15, 0.2) is 0 Å². The molecule has 1 aromatic carbocycles. The molecule has 0 unspecified atom stereocenters. The van der Waals surface area contributed by atoms with Crippen molar-refractivity contribution in [2.75, 3.05) is 13.7 Å². The first kappa shape index (κ1) is 13.1. The second-order valence-corrected chi connectivity index (χ2v) is 3.82. The summed E-state index contributed by atoms with van der Waals surface area (Å²) < 4.78 is 10.4. The van der Waals surface area contributed by atoms with Crippen molar-refractivity contribution in [3.63, 3.8) is 0 Å². The predicted octanol–water partition coefficient (Wildman–Crippen LogP) is 3.24. The molecular formula is C15H16N2O2. The summed E-state index contributed by atoms with van der Waals surface area (Å²) in [6.45, 7) is 2.55. The molecule has 98 valence electrons. The Balaban J connectivity index is 2.08. The van der Waals surface area contributed by atoms with Crippen LogP contribution in [0.2, 0.25) is 0 Å². The lowest BCUT2D eigenvalue weighted by Crippen LogP contribution is -1.94. The number of hydrogen-bond acceptors (Lipinski definition) is 4. The molecule has 0 N–H and O–H groups in total. The number of aliphatic imine (C=N–C) groups is 1.